The van der Waals surface area contributed by atoms with Gasteiger partial charge in [-0.25, -0.2) is 13.2 Å². The van der Waals surface area contributed by atoms with Crippen LogP contribution in [0.15, 0.2) is 12.1 Å². The molecule has 1 aromatic rings. The summed E-state index contributed by atoms with van der Waals surface area (Å²) in [5.41, 5.74) is 0.467. The molecule has 0 aromatic heterocycles. The van der Waals surface area contributed by atoms with Crippen molar-refractivity contribution in [1.82, 2.24) is 5.32 Å². The van der Waals surface area contributed by atoms with Gasteiger partial charge in [0.05, 0.1) is 0 Å². The molecule has 0 spiro atoms. The summed E-state index contributed by atoms with van der Waals surface area (Å²) in [6.07, 6.45) is 2.52. The van der Waals surface area contributed by atoms with E-state index < -0.39 is 17.5 Å². The zero-order chi connectivity index (χ0) is 11.1. The van der Waals surface area contributed by atoms with Gasteiger partial charge in [0.15, 0.2) is 17.5 Å². The van der Waals surface area contributed by atoms with E-state index in [1.807, 2.05) is 7.05 Å². The second-order valence-corrected chi connectivity index (χ2v) is 4.08. The van der Waals surface area contributed by atoms with Crippen LogP contribution in [0, 0.1) is 17.5 Å². The van der Waals surface area contributed by atoms with Gasteiger partial charge >= 0.3 is 0 Å². The van der Waals surface area contributed by atoms with Gasteiger partial charge in [0.25, 0.3) is 0 Å². The first-order chi connectivity index (χ1) is 7.06. The summed E-state index contributed by atoms with van der Waals surface area (Å²) in [5, 5.41) is 3.12. The Bertz CT molecular complexity index is 362. The van der Waals surface area contributed by atoms with Crippen molar-refractivity contribution in [2.24, 2.45) is 0 Å². The van der Waals surface area contributed by atoms with Crippen molar-refractivity contribution in [2.45, 2.75) is 24.8 Å². The summed E-state index contributed by atoms with van der Waals surface area (Å²) < 4.78 is 38.5. The van der Waals surface area contributed by atoms with Gasteiger partial charge in [0.2, 0.25) is 0 Å². The Morgan fingerprint density at radius 2 is 1.73 bits per heavy atom. The minimum Gasteiger partial charge on any atom is -0.314 e. The molecule has 0 bridgehead atoms. The summed E-state index contributed by atoms with van der Waals surface area (Å²) in [6, 6.07) is 2.13. The molecule has 1 N–H and O–H groups in total. The summed E-state index contributed by atoms with van der Waals surface area (Å²) in [4.78, 5) is 0. The zero-order valence-electron chi connectivity index (χ0n) is 8.41. The van der Waals surface area contributed by atoms with Gasteiger partial charge in [-0.2, -0.15) is 0 Å². The van der Waals surface area contributed by atoms with E-state index in [-0.39, 0.29) is 5.54 Å². The number of halogens is 3. The van der Waals surface area contributed by atoms with Gasteiger partial charge in [-0.3, -0.25) is 0 Å². The predicted octanol–water partition coefficient (Wildman–Crippen LogP) is 2.40. The Labute approximate surface area is 86.3 Å². The molecule has 1 fully saturated rings. The monoisotopic (exact) mass is 215 g/mol. The molecule has 2 rings (SSSR count). The largest absolute Gasteiger partial charge is 0.314 e. The smallest absolute Gasteiger partial charge is 0.194 e. The Hall–Kier alpha value is -1.03. The van der Waals surface area contributed by atoms with Crippen LogP contribution >= 0.6 is 0 Å². The van der Waals surface area contributed by atoms with Crippen molar-refractivity contribution in [1.29, 1.82) is 0 Å². The molecule has 1 aromatic carbocycles. The van der Waals surface area contributed by atoms with Crippen LogP contribution < -0.4 is 5.32 Å². The molecule has 1 aliphatic rings. The van der Waals surface area contributed by atoms with Crippen LogP contribution in [-0.4, -0.2) is 12.6 Å². The number of nitrogens with one attached hydrogen (secondary N) is 1. The lowest BCUT2D eigenvalue weighted by Gasteiger charge is -2.14. The van der Waals surface area contributed by atoms with Crippen molar-refractivity contribution >= 4 is 0 Å². The fourth-order valence-electron chi connectivity index (χ4n) is 1.77. The normalized spacial score (nSPS) is 17.9. The Balaban J connectivity index is 2.23. The lowest BCUT2D eigenvalue weighted by molar-refractivity contribution is 0.442. The Morgan fingerprint density at radius 3 is 2.13 bits per heavy atom. The highest BCUT2D eigenvalue weighted by atomic mass is 19.2. The fourth-order valence-corrected chi connectivity index (χ4v) is 1.77. The van der Waals surface area contributed by atoms with Crippen LogP contribution in [0.25, 0.3) is 0 Å². The summed E-state index contributed by atoms with van der Waals surface area (Å²) >= 11 is 0. The molecule has 0 atom stereocenters. The van der Waals surface area contributed by atoms with Crippen LogP contribution in [0.4, 0.5) is 13.2 Å². The lowest BCUT2D eigenvalue weighted by atomic mass is 10.0. The molecule has 0 saturated heterocycles. The maximum Gasteiger partial charge on any atom is 0.194 e. The molecule has 0 heterocycles. The molecule has 0 unspecified atom stereocenters. The third-order valence-electron chi connectivity index (χ3n) is 2.97. The molecule has 0 aliphatic heterocycles. The summed E-state index contributed by atoms with van der Waals surface area (Å²) in [7, 11) is 1.82. The number of likely N-dealkylation sites (N-methyl/N-ethyl adjacent to an activating group) is 1. The molecule has 0 radical (unpaired) electrons. The van der Waals surface area contributed by atoms with Crippen LogP contribution in [0.2, 0.25) is 0 Å². The first-order valence-corrected chi connectivity index (χ1v) is 4.89. The second-order valence-electron chi connectivity index (χ2n) is 4.08. The van der Waals surface area contributed by atoms with Gasteiger partial charge in [0, 0.05) is 5.54 Å². The van der Waals surface area contributed by atoms with Gasteiger partial charge < -0.3 is 5.32 Å². The van der Waals surface area contributed by atoms with Gasteiger partial charge in [-0.05, 0) is 44.0 Å². The lowest BCUT2D eigenvalue weighted by Crippen LogP contribution is -2.29. The molecule has 4 heteroatoms. The highest BCUT2D eigenvalue weighted by Gasteiger charge is 2.40. The third-order valence-corrected chi connectivity index (χ3v) is 2.97. The van der Waals surface area contributed by atoms with E-state index >= 15 is 0 Å². The van der Waals surface area contributed by atoms with E-state index in [9.17, 15) is 13.2 Å². The van der Waals surface area contributed by atoms with Crippen LogP contribution in [-0.2, 0) is 6.42 Å². The van der Waals surface area contributed by atoms with Crippen LogP contribution in [0.1, 0.15) is 18.4 Å². The van der Waals surface area contributed by atoms with Crippen molar-refractivity contribution in [3.63, 3.8) is 0 Å². The van der Waals surface area contributed by atoms with Crippen molar-refractivity contribution < 1.29 is 13.2 Å². The van der Waals surface area contributed by atoms with Gasteiger partial charge in [0.1, 0.15) is 0 Å². The first kappa shape index (κ1) is 10.5. The first-order valence-electron chi connectivity index (χ1n) is 4.89. The van der Waals surface area contributed by atoms with E-state index in [0.29, 0.717) is 12.0 Å². The molecule has 0 amide bonds. The number of rotatable bonds is 3. The summed E-state index contributed by atoms with van der Waals surface area (Å²) in [6.45, 7) is 0. The van der Waals surface area contributed by atoms with Crippen molar-refractivity contribution in [3.8, 4) is 0 Å². The van der Waals surface area contributed by atoms with E-state index in [0.717, 1.165) is 25.0 Å². The highest BCUT2D eigenvalue weighted by Crippen LogP contribution is 2.38. The van der Waals surface area contributed by atoms with Crippen LogP contribution in [0.3, 0.4) is 0 Å². The average molecular weight is 215 g/mol. The molecule has 1 aliphatic carbocycles. The van der Waals surface area contributed by atoms with Crippen molar-refractivity contribution in [2.75, 3.05) is 7.05 Å². The minimum atomic E-state index is -1.40. The number of hydrogen-bond donors (Lipinski definition) is 1. The topological polar surface area (TPSA) is 12.0 Å². The molecular formula is C11H12F3N. The van der Waals surface area contributed by atoms with E-state index in [1.54, 1.807) is 0 Å². The van der Waals surface area contributed by atoms with Gasteiger partial charge in [-0.15, -0.1) is 0 Å². The molecule has 15 heavy (non-hydrogen) atoms. The Kier molecular flexibility index (Phi) is 2.46. The predicted molar refractivity (Wildman–Crippen MR) is 51.0 cm³/mol. The van der Waals surface area contributed by atoms with E-state index in [4.69, 9.17) is 0 Å². The van der Waals surface area contributed by atoms with Crippen LogP contribution in [0.5, 0.6) is 0 Å². The van der Waals surface area contributed by atoms with Gasteiger partial charge in [-0.1, -0.05) is 0 Å². The van der Waals surface area contributed by atoms with Crippen molar-refractivity contribution in [3.05, 3.63) is 35.1 Å². The van der Waals surface area contributed by atoms with E-state index in [1.165, 1.54) is 0 Å². The third kappa shape index (κ3) is 2.00. The number of hydrogen-bond acceptors (Lipinski definition) is 1. The summed E-state index contributed by atoms with van der Waals surface area (Å²) in [5.74, 6) is -3.62. The SMILES string of the molecule is CNC1(Cc2cc(F)c(F)c(F)c2)CC1. The fraction of sp³-hybridized carbons (Fsp3) is 0.455. The highest BCUT2D eigenvalue weighted by molar-refractivity contribution is 5.24. The standard InChI is InChI=1S/C11H12F3N/c1-15-11(2-3-11)6-7-4-8(12)10(14)9(13)5-7/h4-5,15H,2-3,6H2,1H3. The maximum absolute atomic E-state index is 12.9. The molecule has 82 valence electrons. The molecule has 1 nitrogen and oxygen atoms in total. The van der Waals surface area contributed by atoms with E-state index in [2.05, 4.69) is 5.32 Å². The Morgan fingerprint density at radius 1 is 1.20 bits per heavy atom. The average Bonchev–Trinajstić information content (AvgIpc) is 2.95. The second kappa shape index (κ2) is 3.52. The quantitative estimate of drug-likeness (QED) is 0.763. The molecular weight excluding hydrogens is 203 g/mol. The molecule has 1 saturated carbocycles. The minimum absolute atomic E-state index is 0.0310. The zero-order valence-corrected chi connectivity index (χ0v) is 8.41. The maximum atomic E-state index is 12.9. The number of benzene rings is 1.